The molecule has 0 aromatic carbocycles. The van der Waals surface area contributed by atoms with E-state index in [0.717, 1.165) is 30.5 Å². The molecule has 1 N–H and O–H groups in total. The van der Waals surface area contributed by atoms with Crippen LogP contribution in [0, 0.1) is 6.92 Å². The van der Waals surface area contributed by atoms with Gasteiger partial charge in [0.1, 0.15) is 12.2 Å². The van der Waals surface area contributed by atoms with Crippen molar-refractivity contribution in [1.29, 1.82) is 0 Å². The second-order valence-corrected chi connectivity index (χ2v) is 7.62. The van der Waals surface area contributed by atoms with Crippen LogP contribution in [0.15, 0.2) is 0 Å². The summed E-state index contributed by atoms with van der Waals surface area (Å²) in [6.07, 6.45) is 0.241. The Kier molecular flexibility index (Phi) is 5.24. The minimum absolute atomic E-state index is 0.118. The Morgan fingerprint density at radius 1 is 1.24 bits per heavy atom. The van der Waals surface area contributed by atoms with Crippen molar-refractivity contribution >= 4 is 16.5 Å². The van der Waals surface area contributed by atoms with Crippen molar-refractivity contribution in [2.45, 2.75) is 52.0 Å². The Morgan fingerprint density at radius 3 is 2.29 bits per heavy atom. The number of anilines is 1. The average Bonchev–Trinajstić information content (AvgIpc) is 2.98. The standard InChI is InChI=1S/C15H27N3O2S/c1-10-13(7-16-15(2,3)4)21-14(17-10)18-8-11(19-5)12(9-18)20-6/h11-12,16H,7-9H2,1-6H3. The van der Waals surface area contributed by atoms with E-state index in [9.17, 15) is 0 Å². The van der Waals surface area contributed by atoms with Crippen LogP contribution < -0.4 is 10.2 Å². The molecule has 2 unspecified atom stereocenters. The molecular weight excluding hydrogens is 286 g/mol. The van der Waals surface area contributed by atoms with Crippen molar-refractivity contribution in [3.05, 3.63) is 10.6 Å². The molecule has 0 bridgehead atoms. The molecule has 1 aromatic heterocycles. The molecule has 0 amide bonds. The first-order valence-electron chi connectivity index (χ1n) is 7.36. The molecule has 2 atom stereocenters. The number of nitrogens with one attached hydrogen (secondary N) is 1. The van der Waals surface area contributed by atoms with Crippen LogP contribution in [-0.4, -0.2) is 50.0 Å². The number of aromatic nitrogens is 1. The van der Waals surface area contributed by atoms with E-state index in [1.54, 1.807) is 25.6 Å². The normalized spacial score (nSPS) is 23.0. The molecule has 1 aromatic rings. The van der Waals surface area contributed by atoms with Crippen molar-refractivity contribution in [1.82, 2.24) is 10.3 Å². The molecule has 5 nitrogen and oxygen atoms in total. The van der Waals surface area contributed by atoms with Gasteiger partial charge in [-0.15, -0.1) is 11.3 Å². The van der Waals surface area contributed by atoms with Crippen LogP contribution in [-0.2, 0) is 16.0 Å². The number of hydrogen-bond acceptors (Lipinski definition) is 6. The zero-order chi connectivity index (χ0) is 15.6. The van der Waals surface area contributed by atoms with Crippen LogP contribution in [0.5, 0.6) is 0 Å². The molecule has 0 saturated carbocycles. The van der Waals surface area contributed by atoms with Gasteiger partial charge in [-0.25, -0.2) is 4.98 Å². The van der Waals surface area contributed by atoms with Gasteiger partial charge in [-0.3, -0.25) is 0 Å². The maximum atomic E-state index is 5.49. The highest BCUT2D eigenvalue weighted by Gasteiger charge is 2.34. The third-order valence-electron chi connectivity index (χ3n) is 3.75. The molecule has 120 valence electrons. The van der Waals surface area contributed by atoms with Crippen molar-refractivity contribution in [2.24, 2.45) is 0 Å². The van der Waals surface area contributed by atoms with Gasteiger partial charge in [0.15, 0.2) is 5.13 Å². The third kappa shape index (κ3) is 4.16. The van der Waals surface area contributed by atoms with Crippen molar-refractivity contribution in [2.75, 3.05) is 32.2 Å². The molecule has 2 heterocycles. The monoisotopic (exact) mass is 313 g/mol. The van der Waals surface area contributed by atoms with Gasteiger partial charge in [-0.2, -0.15) is 0 Å². The van der Waals surface area contributed by atoms with Gasteiger partial charge >= 0.3 is 0 Å². The molecule has 1 fully saturated rings. The van der Waals surface area contributed by atoms with Gasteiger partial charge in [-0.05, 0) is 27.7 Å². The number of aryl methyl sites for hydroxylation is 1. The fourth-order valence-electron chi connectivity index (χ4n) is 2.41. The summed E-state index contributed by atoms with van der Waals surface area (Å²) in [5, 5.41) is 4.59. The van der Waals surface area contributed by atoms with Crippen LogP contribution >= 0.6 is 11.3 Å². The first-order valence-corrected chi connectivity index (χ1v) is 8.17. The molecule has 6 heteroatoms. The van der Waals surface area contributed by atoms with Gasteiger partial charge in [0.25, 0.3) is 0 Å². The molecule has 0 aliphatic carbocycles. The largest absolute Gasteiger partial charge is 0.377 e. The van der Waals surface area contributed by atoms with E-state index in [0.29, 0.717) is 0 Å². The van der Waals surface area contributed by atoms with Crippen LogP contribution in [0.25, 0.3) is 0 Å². The molecule has 0 spiro atoms. The Morgan fingerprint density at radius 2 is 1.81 bits per heavy atom. The third-order valence-corrected chi connectivity index (χ3v) is 4.97. The summed E-state index contributed by atoms with van der Waals surface area (Å²) >= 11 is 1.76. The smallest absolute Gasteiger partial charge is 0.185 e. The molecule has 1 aliphatic heterocycles. The number of thiazole rings is 1. The van der Waals surface area contributed by atoms with Gasteiger partial charge in [-0.1, -0.05) is 0 Å². The zero-order valence-corrected chi connectivity index (χ0v) is 14.7. The summed E-state index contributed by atoms with van der Waals surface area (Å²) in [5.41, 5.74) is 1.23. The number of hydrogen-bond donors (Lipinski definition) is 1. The molecule has 21 heavy (non-hydrogen) atoms. The molecule has 0 radical (unpaired) electrons. The highest BCUT2D eigenvalue weighted by molar-refractivity contribution is 7.15. The number of rotatable bonds is 5. The van der Waals surface area contributed by atoms with E-state index < -0.39 is 0 Å². The van der Waals surface area contributed by atoms with Gasteiger partial charge in [0.05, 0.1) is 5.69 Å². The van der Waals surface area contributed by atoms with Crippen LogP contribution in [0.4, 0.5) is 5.13 Å². The Hall–Kier alpha value is -0.690. The molecular formula is C15H27N3O2S. The van der Waals surface area contributed by atoms with Crippen molar-refractivity contribution in [3.63, 3.8) is 0 Å². The number of nitrogens with zero attached hydrogens (tertiary/aromatic N) is 2. The lowest BCUT2D eigenvalue weighted by Gasteiger charge is -2.20. The maximum Gasteiger partial charge on any atom is 0.185 e. The van der Waals surface area contributed by atoms with Crippen molar-refractivity contribution in [3.8, 4) is 0 Å². The minimum Gasteiger partial charge on any atom is -0.377 e. The Bertz CT molecular complexity index is 458. The highest BCUT2D eigenvalue weighted by Crippen LogP contribution is 2.30. The first kappa shape index (κ1) is 16.7. The Labute approximate surface area is 131 Å². The summed E-state index contributed by atoms with van der Waals surface area (Å²) < 4.78 is 11.0. The van der Waals surface area contributed by atoms with Crippen molar-refractivity contribution < 1.29 is 9.47 Å². The van der Waals surface area contributed by atoms with Gasteiger partial charge in [0, 0.05) is 44.3 Å². The van der Waals surface area contributed by atoms with E-state index in [-0.39, 0.29) is 17.7 Å². The molecule has 1 saturated heterocycles. The van der Waals surface area contributed by atoms with E-state index in [1.165, 1.54) is 4.88 Å². The lowest BCUT2D eigenvalue weighted by molar-refractivity contribution is -0.00461. The van der Waals surface area contributed by atoms with Gasteiger partial charge in [0.2, 0.25) is 0 Å². The Balaban J connectivity index is 2.05. The lowest BCUT2D eigenvalue weighted by Crippen LogP contribution is -2.34. The first-order chi connectivity index (χ1) is 9.84. The summed E-state index contributed by atoms with van der Waals surface area (Å²) in [7, 11) is 3.48. The highest BCUT2D eigenvalue weighted by atomic mass is 32.1. The lowest BCUT2D eigenvalue weighted by atomic mass is 10.1. The van der Waals surface area contributed by atoms with Crippen LogP contribution in [0.1, 0.15) is 31.3 Å². The summed E-state index contributed by atoms with van der Waals surface area (Å²) in [6, 6.07) is 0. The SMILES string of the molecule is COC1CN(c2nc(C)c(CNC(C)(C)C)s2)CC1OC. The summed E-state index contributed by atoms with van der Waals surface area (Å²) in [6.45, 7) is 11.2. The fraction of sp³-hybridized carbons (Fsp3) is 0.800. The number of methoxy groups -OCH3 is 2. The second kappa shape index (κ2) is 6.60. The summed E-state index contributed by atoms with van der Waals surface area (Å²) in [4.78, 5) is 8.29. The maximum absolute atomic E-state index is 5.49. The molecule has 2 rings (SSSR count). The summed E-state index contributed by atoms with van der Waals surface area (Å²) in [5.74, 6) is 0. The average molecular weight is 313 g/mol. The van der Waals surface area contributed by atoms with E-state index in [2.05, 4.69) is 37.9 Å². The van der Waals surface area contributed by atoms with E-state index in [4.69, 9.17) is 14.5 Å². The van der Waals surface area contributed by atoms with E-state index in [1.807, 2.05) is 0 Å². The van der Waals surface area contributed by atoms with Gasteiger partial charge < -0.3 is 19.7 Å². The topological polar surface area (TPSA) is 46.6 Å². The quantitative estimate of drug-likeness (QED) is 0.903. The number of ether oxygens (including phenoxy) is 2. The zero-order valence-electron chi connectivity index (χ0n) is 13.9. The van der Waals surface area contributed by atoms with Crippen LogP contribution in [0.3, 0.4) is 0 Å². The van der Waals surface area contributed by atoms with Crippen LogP contribution in [0.2, 0.25) is 0 Å². The van der Waals surface area contributed by atoms with E-state index >= 15 is 0 Å². The minimum atomic E-state index is 0.118. The predicted octanol–water partition coefficient (Wildman–Crippen LogP) is 2.19. The second-order valence-electron chi connectivity index (χ2n) is 6.56. The fourth-order valence-corrected chi connectivity index (χ4v) is 3.43. The predicted molar refractivity (Wildman–Crippen MR) is 87.3 cm³/mol. The molecule has 1 aliphatic rings.